The van der Waals surface area contributed by atoms with Crippen LogP contribution in [0.4, 0.5) is 4.39 Å². The highest BCUT2D eigenvalue weighted by atomic mass is 32.2. The van der Waals surface area contributed by atoms with Crippen molar-refractivity contribution < 1.29 is 9.18 Å². The van der Waals surface area contributed by atoms with Gasteiger partial charge in [-0.25, -0.2) is 9.37 Å². The first kappa shape index (κ1) is 20.3. The number of hydrogen-bond donors (Lipinski definition) is 1. The third kappa shape index (κ3) is 4.46. The summed E-state index contributed by atoms with van der Waals surface area (Å²) in [6.45, 7) is 2.95. The fraction of sp³-hybridized carbons (Fsp3) is 0.261. The summed E-state index contributed by atoms with van der Waals surface area (Å²) in [4.78, 5) is 34.4. The van der Waals surface area contributed by atoms with Gasteiger partial charge in [-0.3, -0.25) is 9.59 Å². The molecule has 3 aromatic rings. The van der Waals surface area contributed by atoms with Crippen molar-refractivity contribution in [2.45, 2.75) is 37.2 Å². The summed E-state index contributed by atoms with van der Waals surface area (Å²) < 4.78 is 13.8. The molecular formula is C23H22FN3O2S. The van der Waals surface area contributed by atoms with E-state index in [9.17, 15) is 14.0 Å². The first-order chi connectivity index (χ1) is 14.5. The third-order valence-electron chi connectivity index (χ3n) is 5.33. The summed E-state index contributed by atoms with van der Waals surface area (Å²) in [7, 11) is 0. The molecular weight excluding hydrogens is 401 g/mol. The molecule has 1 aliphatic rings. The van der Waals surface area contributed by atoms with E-state index >= 15 is 0 Å². The highest BCUT2D eigenvalue weighted by Crippen LogP contribution is 2.22. The highest BCUT2D eigenvalue weighted by molar-refractivity contribution is 7.98. The van der Waals surface area contributed by atoms with Crippen molar-refractivity contribution in [3.8, 4) is 0 Å². The third-order valence-corrected chi connectivity index (χ3v) is 6.26. The van der Waals surface area contributed by atoms with Crippen molar-refractivity contribution in [2.75, 3.05) is 6.54 Å². The number of carbonyl (C=O) groups is 1. The summed E-state index contributed by atoms with van der Waals surface area (Å²) in [5, 5.41) is 0.420. The van der Waals surface area contributed by atoms with Crippen LogP contribution in [0, 0.1) is 12.7 Å². The fourth-order valence-corrected chi connectivity index (χ4v) is 4.49. The Bertz CT molecular complexity index is 1150. The molecule has 1 N–H and O–H groups in total. The molecule has 0 unspecified atom stereocenters. The van der Waals surface area contributed by atoms with Crippen LogP contribution in [0.15, 0.2) is 58.5 Å². The zero-order chi connectivity index (χ0) is 21.1. The maximum atomic E-state index is 13.8. The predicted molar refractivity (Wildman–Crippen MR) is 115 cm³/mol. The van der Waals surface area contributed by atoms with Crippen LogP contribution >= 0.6 is 11.8 Å². The lowest BCUT2D eigenvalue weighted by Crippen LogP contribution is -2.38. The second kappa shape index (κ2) is 8.83. The van der Waals surface area contributed by atoms with Crippen LogP contribution in [0.3, 0.4) is 0 Å². The van der Waals surface area contributed by atoms with Gasteiger partial charge in [0.25, 0.3) is 5.56 Å². The van der Waals surface area contributed by atoms with Crippen molar-refractivity contribution in [2.24, 2.45) is 0 Å². The van der Waals surface area contributed by atoms with Crippen LogP contribution in [0.5, 0.6) is 0 Å². The number of aromatic amines is 1. The van der Waals surface area contributed by atoms with E-state index in [4.69, 9.17) is 0 Å². The van der Waals surface area contributed by atoms with E-state index < -0.39 is 0 Å². The molecule has 5 nitrogen and oxygen atoms in total. The van der Waals surface area contributed by atoms with Crippen molar-refractivity contribution in [3.05, 3.63) is 92.6 Å². The standard InChI is InChI=1S/C23H22FN3O2S/c1-15-19(12-21(28)27-11-10-16-6-2-3-7-17(16)13-27)22(29)26-23(25-15)30-14-18-8-4-5-9-20(18)24/h2-9H,10-14H2,1H3,(H,25,26,29). The Morgan fingerprint density at radius 2 is 1.90 bits per heavy atom. The van der Waals surface area contributed by atoms with E-state index in [-0.39, 0.29) is 23.7 Å². The number of amides is 1. The monoisotopic (exact) mass is 423 g/mol. The summed E-state index contributed by atoms with van der Waals surface area (Å²) in [5.74, 6) is 0.00149. The fourth-order valence-electron chi connectivity index (χ4n) is 3.59. The minimum atomic E-state index is -0.315. The van der Waals surface area contributed by atoms with Crippen LogP contribution in [0.25, 0.3) is 0 Å². The molecule has 30 heavy (non-hydrogen) atoms. The minimum Gasteiger partial charge on any atom is -0.338 e. The molecule has 0 fully saturated rings. The number of nitrogens with one attached hydrogen (secondary N) is 1. The molecule has 0 spiro atoms. The minimum absolute atomic E-state index is 0.0224. The number of halogens is 1. The first-order valence-electron chi connectivity index (χ1n) is 9.82. The topological polar surface area (TPSA) is 66.1 Å². The number of nitrogens with zero attached hydrogens (tertiary/aromatic N) is 2. The Morgan fingerprint density at radius 1 is 1.17 bits per heavy atom. The van der Waals surface area contributed by atoms with Crippen LogP contribution < -0.4 is 5.56 Å². The van der Waals surface area contributed by atoms with Gasteiger partial charge in [-0.2, -0.15) is 0 Å². The van der Waals surface area contributed by atoms with E-state index in [1.807, 2.05) is 18.2 Å². The largest absolute Gasteiger partial charge is 0.338 e. The Morgan fingerprint density at radius 3 is 2.67 bits per heavy atom. The predicted octanol–water partition coefficient (Wildman–Crippen LogP) is 3.64. The maximum absolute atomic E-state index is 13.8. The van der Waals surface area contributed by atoms with E-state index in [1.165, 1.54) is 23.4 Å². The summed E-state index contributed by atoms with van der Waals surface area (Å²) >= 11 is 1.26. The number of fused-ring (bicyclic) bond motifs is 1. The highest BCUT2D eigenvalue weighted by Gasteiger charge is 2.22. The van der Waals surface area contributed by atoms with Crippen molar-refractivity contribution >= 4 is 17.7 Å². The molecule has 7 heteroatoms. The number of rotatable bonds is 5. The molecule has 0 saturated carbocycles. The number of aromatic nitrogens is 2. The van der Waals surface area contributed by atoms with E-state index in [0.29, 0.717) is 40.8 Å². The second-order valence-electron chi connectivity index (χ2n) is 7.33. The first-order valence-corrected chi connectivity index (χ1v) is 10.8. The van der Waals surface area contributed by atoms with Gasteiger partial charge in [-0.1, -0.05) is 54.2 Å². The van der Waals surface area contributed by atoms with E-state index in [0.717, 1.165) is 12.0 Å². The molecule has 0 aliphatic carbocycles. The van der Waals surface area contributed by atoms with E-state index in [2.05, 4.69) is 16.0 Å². The van der Waals surface area contributed by atoms with Gasteiger partial charge in [0.1, 0.15) is 5.82 Å². The lowest BCUT2D eigenvalue weighted by molar-refractivity contribution is -0.131. The maximum Gasteiger partial charge on any atom is 0.255 e. The number of thioether (sulfide) groups is 1. The summed E-state index contributed by atoms with van der Waals surface area (Å²) in [6.07, 6.45) is 0.843. The van der Waals surface area contributed by atoms with Crippen molar-refractivity contribution in [1.82, 2.24) is 14.9 Å². The second-order valence-corrected chi connectivity index (χ2v) is 8.29. The molecule has 2 heterocycles. The van der Waals surface area contributed by atoms with Crippen molar-refractivity contribution in [1.29, 1.82) is 0 Å². The molecule has 2 aromatic carbocycles. The van der Waals surface area contributed by atoms with Crippen molar-refractivity contribution in [3.63, 3.8) is 0 Å². The number of H-pyrrole nitrogens is 1. The quantitative estimate of drug-likeness (QED) is 0.503. The van der Waals surface area contributed by atoms with Gasteiger partial charge < -0.3 is 9.88 Å². The molecule has 154 valence electrons. The molecule has 1 amide bonds. The van der Waals surface area contributed by atoms with Gasteiger partial charge in [0.2, 0.25) is 5.91 Å². The lowest BCUT2D eigenvalue weighted by Gasteiger charge is -2.29. The normalized spacial score (nSPS) is 13.2. The molecule has 0 atom stereocenters. The Hall–Kier alpha value is -2.93. The van der Waals surface area contributed by atoms with Crippen LogP contribution in [0.2, 0.25) is 0 Å². The molecule has 0 radical (unpaired) electrons. The molecule has 1 aliphatic heterocycles. The average molecular weight is 424 g/mol. The molecule has 0 bridgehead atoms. The SMILES string of the molecule is Cc1nc(SCc2ccccc2F)[nH]c(=O)c1CC(=O)N1CCc2ccccc2C1. The molecule has 0 saturated heterocycles. The van der Waals surface area contributed by atoms with Gasteiger partial charge in [0.15, 0.2) is 5.16 Å². The van der Waals surface area contributed by atoms with Gasteiger partial charge in [-0.15, -0.1) is 0 Å². The summed E-state index contributed by atoms with van der Waals surface area (Å²) in [6, 6.07) is 14.6. The van der Waals surface area contributed by atoms with Crippen LogP contribution in [-0.4, -0.2) is 27.3 Å². The van der Waals surface area contributed by atoms with Gasteiger partial charge in [0.05, 0.1) is 6.42 Å². The smallest absolute Gasteiger partial charge is 0.255 e. The van der Waals surface area contributed by atoms with E-state index in [1.54, 1.807) is 30.0 Å². The van der Waals surface area contributed by atoms with Gasteiger partial charge in [0, 0.05) is 30.1 Å². The zero-order valence-electron chi connectivity index (χ0n) is 16.7. The lowest BCUT2D eigenvalue weighted by atomic mass is 9.99. The Kier molecular flexibility index (Phi) is 5.99. The van der Waals surface area contributed by atoms with Gasteiger partial charge >= 0.3 is 0 Å². The van der Waals surface area contributed by atoms with Crippen LogP contribution in [-0.2, 0) is 29.9 Å². The Balaban J connectivity index is 1.44. The van der Waals surface area contributed by atoms with Crippen LogP contribution in [0.1, 0.15) is 27.9 Å². The molecule has 1 aromatic heterocycles. The number of hydrogen-bond acceptors (Lipinski definition) is 4. The zero-order valence-corrected chi connectivity index (χ0v) is 17.5. The summed E-state index contributed by atoms with van der Waals surface area (Å²) in [5.41, 5.74) is 3.57. The number of benzene rings is 2. The number of aryl methyl sites for hydroxylation is 1. The Labute approximate surface area is 178 Å². The number of carbonyl (C=O) groups excluding carboxylic acids is 1. The average Bonchev–Trinajstić information content (AvgIpc) is 2.75. The van der Waals surface area contributed by atoms with Gasteiger partial charge in [-0.05, 0) is 36.1 Å². The molecule has 4 rings (SSSR count).